The van der Waals surface area contributed by atoms with Crippen molar-refractivity contribution in [3.63, 3.8) is 0 Å². The number of hydrogen-bond acceptors (Lipinski definition) is 3. The van der Waals surface area contributed by atoms with Gasteiger partial charge in [-0.05, 0) is 6.42 Å². The fourth-order valence-corrected chi connectivity index (χ4v) is 2.65. The van der Waals surface area contributed by atoms with Crippen LogP contribution in [0.5, 0.6) is 0 Å². The molecule has 6 heteroatoms. The Hall–Kier alpha value is -0.260. The van der Waals surface area contributed by atoms with Gasteiger partial charge in [-0.25, -0.2) is 0 Å². The fourth-order valence-electron chi connectivity index (χ4n) is 2.65. The van der Waals surface area contributed by atoms with Crippen molar-refractivity contribution in [1.82, 2.24) is 0 Å². The molecule has 0 heterocycles. The van der Waals surface area contributed by atoms with Crippen LogP contribution in [0.15, 0.2) is 0 Å². The molecule has 0 aromatic rings. The maximum atomic E-state index is 10.3. The second kappa shape index (κ2) is 26.0. The van der Waals surface area contributed by atoms with E-state index in [9.17, 15) is 4.79 Å². The Morgan fingerprint density at radius 1 is 0.640 bits per heavy atom. The molecule has 0 spiro atoms. The van der Waals surface area contributed by atoms with Gasteiger partial charge in [-0.15, -0.1) is 0 Å². The molecule has 0 rings (SSSR count). The summed E-state index contributed by atoms with van der Waals surface area (Å²) in [5.74, 6) is -0.653. The van der Waals surface area contributed by atoms with Gasteiger partial charge in [0.1, 0.15) is 0 Å². The summed E-state index contributed by atoms with van der Waals surface area (Å²) in [4.78, 5) is 18.8. The molecule has 5 nitrogen and oxygen atoms in total. The number of rotatable bonds is 16. The maximum Gasteiger partial charge on any atom is 1.00 e. The summed E-state index contributed by atoms with van der Waals surface area (Å²) in [6.07, 6.45) is 18.1. The van der Waals surface area contributed by atoms with Crippen molar-refractivity contribution in [1.29, 1.82) is 0 Å². The van der Waals surface area contributed by atoms with Gasteiger partial charge in [0.15, 0.2) is 0 Å². The monoisotopic (exact) mass is 368 g/mol. The molecule has 0 bridgehead atoms. The van der Waals surface area contributed by atoms with Gasteiger partial charge in [0, 0.05) is 6.42 Å². The van der Waals surface area contributed by atoms with Gasteiger partial charge in [-0.1, -0.05) is 96.8 Å². The molecular formula is C19H37NaO5. The van der Waals surface area contributed by atoms with Gasteiger partial charge >= 0.3 is 35.5 Å². The average Bonchev–Trinajstić information content (AvgIpc) is 2.50. The standard InChI is InChI=1S/C18H36O2.CH2O3.Na/c1-2-3-4-5-6-7-8-9-10-11-12-13-14-15-16-17-18(19)20;2-1(3)4;/h2-17H2,1H3,(H,19,20);(H2,2,3,4);/q;;+1/p-1. The van der Waals surface area contributed by atoms with Crippen LogP contribution in [-0.2, 0) is 4.79 Å². The zero-order chi connectivity index (χ0) is 18.5. The average molecular weight is 368 g/mol. The van der Waals surface area contributed by atoms with Gasteiger partial charge in [0.25, 0.3) is 0 Å². The molecule has 0 aliphatic rings. The summed E-state index contributed by atoms with van der Waals surface area (Å²) in [5.41, 5.74) is 0. The molecule has 0 aromatic carbocycles. The first-order chi connectivity index (χ1) is 11.5. The Bertz CT molecular complexity index is 281. The zero-order valence-electron chi connectivity index (χ0n) is 16.4. The molecule has 0 amide bonds. The van der Waals surface area contributed by atoms with E-state index in [1.54, 1.807) is 0 Å². The molecule has 0 aliphatic heterocycles. The van der Waals surface area contributed by atoms with Crippen LogP contribution in [-0.4, -0.2) is 22.3 Å². The number of aliphatic carboxylic acids is 1. The summed E-state index contributed by atoms with van der Waals surface area (Å²) in [6, 6.07) is 0. The summed E-state index contributed by atoms with van der Waals surface area (Å²) in [6.45, 7) is 2.27. The molecule has 2 N–H and O–H groups in total. The topological polar surface area (TPSA) is 97.7 Å². The second-order valence-electron chi connectivity index (χ2n) is 6.36. The predicted octanol–water partition coefficient (Wildman–Crippen LogP) is 2.22. The van der Waals surface area contributed by atoms with Gasteiger partial charge in [0.2, 0.25) is 6.16 Å². The summed E-state index contributed by atoms with van der Waals surface area (Å²) < 4.78 is 0. The Balaban J connectivity index is -0.000000867. The molecule has 144 valence electrons. The van der Waals surface area contributed by atoms with Crippen LogP contribution in [0.25, 0.3) is 0 Å². The summed E-state index contributed by atoms with van der Waals surface area (Å²) in [7, 11) is 0. The molecular weight excluding hydrogens is 331 g/mol. The first kappa shape index (κ1) is 29.5. The Morgan fingerprint density at radius 3 is 1.12 bits per heavy atom. The number of carboxylic acid groups (broad SMARTS) is 3. The summed E-state index contributed by atoms with van der Waals surface area (Å²) >= 11 is 0. The number of unbranched alkanes of at least 4 members (excludes halogenated alkanes) is 14. The van der Waals surface area contributed by atoms with Crippen molar-refractivity contribution >= 4 is 12.1 Å². The number of carboxylic acids is 1. The van der Waals surface area contributed by atoms with E-state index in [4.69, 9.17) is 20.1 Å². The fraction of sp³-hybridized carbons (Fsp3) is 0.895. The van der Waals surface area contributed by atoms with E-state index in [1.807, 2.05) is 0 Å². The van der Waals surface area contributed by atoms with Crippen LogP contribution in [0.3, 0.4) is 0 Å². The third kappa shape index (κ3) is 40.0. The zero-order valence-corrected chi connectivity index (χ0v) is 18.4. The molecule has 0 unspecified atom stereocenters. The smallest absolute Gasteiger partial charge is 0.565 e. The molecule has 0 saturated carbocycles. The first-order valence-corrected chi connectivity index (χ1v) is 9.62. The normalized spacial score (nSPS) is 9.64. The number of carbonyl (C=O) groups is 2. The molecule has 0 atom stereocenters. The second-order valence-corrected chi connectivity index (χ2v) is 6.36. The minimum Gasteiger partial charge on any atom is -0.565 e. The third-order valence-electron chi connectivity index (χ3n) is 3.99. The first-order valence-electron chi connectivity index (χ1n) is 9.62. The van der Waals surface area contributed by atoms with Crippen molar-refractivity contribution in [3.8, 4) is 0 Å². The predicted molar refractivity (Wildman–Crippen MR) is 95.2 cm³/mol. The van der Waals surface area contributed by atoms with E-state index in [0.29, 0.717) is 6.42 Å². The maximum absolute atomic E-state index is 10.3. The SMILES string of the molecule is CCCCCCCCCCCCCCCCCC(=O)O.O=C([O-])O.[Na+]. The van der Waals surface area contributed by atoms with Gasteiger partial charge in [-0.2, -0.15) is 0 Å². The Morgan fingerprint density at radius 2 is 0.880 bits per heavy atom. The van der Waals surface area contributed by atoms with E-state index in [-0.39, 0.29) is 29.6 Å². The number of hydrogen-bond donors (Lipinski definition) is 2. The van der Waals surface area contributed by atoms with Gasteiger partial charge in [-0.3, -0.25) is 4.79 Å². The molecule has 0 fully saturated rings. The van der Waals surface area contributed by atoms with Crippen molar-refractivity contribution < 1.29 is 54.5 Å². The van der Waals surface area contributed by atoms with Crippen molar-refractivity contribution in [3.05, 3.63) is 0 Å². The van der Waals surface area contributed by atoms with Crippen LogP contribution in [0.4, 0.5) is 4.79 Å². The molecule has 0 radical (unpaired) electrons. The summed E-state index contributed by atoms with van der Waals surface area (Å²) in [5, 5.41) is 23.8. The van der Waals surface area contributed by atoms with Crippen molar-refractivity contribution in [2.24, 2.45) is 0 Å². The Kier molecular flexibility index (Phi) is 30.7. The van der Waals surface area contributed by atoms with Gasteiger partial charge in [0.05, 0.1) is 0 Å². The van der Waals surface area contributed by atoms with E-state index in [2.05, 4.69) is 6.92 Å². The van der Waals surface area contributed by atoms with E-state index >= 15 is 0 Å². The molecule has 0 aromatic heterocycles. The molecule has 0 aliphatic carbocycles. The van der Waals surface area contributed by atoms with Crippen molar-refractivity contribution in [2.75, 3.05) is 0 Å². The van der Waals surface area contributed by atoms with Crippen LogP contribution in [0, 0.1) is 0 Å². The van der Waals surface area contributed by atoms with Crippen LogP contribution in [0.1, 0.15) is 110 Å². The van der Waals surface area contributed by atoms with E-state index in [0.717, 1.165) is 12.8 Å². The van der Waals surface area contributed by atoms with Gasteiger partial charge < -0.3 is 20.1 Å². The molecule has 0 saturated heterocycles. The largest absolute Gasteiger partial charge is 1.00 e. The van der Waals surface area contributed by atoms with Crippen molar-refractivity contribution in [2.45, 2.75) is 110 Å². The third-order valence-corrected chi connectivity index (χ3v) is 3.99. The Labute approximate surface area is 175 Å². The minimum absolute atomic E-state index is 0. The van der Waals surface area contributed by atoms with Crippen LogP contribution >= 0.6 is 0 Å². The van der Waals surface area contributed by atoms with E-state index < -0.39 is 12.1 Å². The van der Waals surface area contributed by atoms with Crippen LogP contribution < -0.4 is 34.7 Å². The molecule has 25 heavy (non-hydrogen) atoms. The minimum atomic E-state index is -2.08. The van der Waals surface area contributed by atoms with Crippen LogP contribution in [0.2, 0.25) is 0 Å². The quantitative estimate of drug-likeness (QED) is 0.322. The van der Waals surface area contributed by atoms with E-state index in [1.165, 1.54) is 83.5 Å².